The van der Waals surface area contributed by atoms with Gasteiger partial charge in [-0.2, -0.15) is 13.2 Å². The third kappa shape index (κ3) is 5.55. The first-order valence-electron chi connectivity index (χ1n) is 11.3. The smallest absolute Gasteiger partial charge is 0.417 e. The fourth-order valence-corrected chi connectivity index (χ4v) is 4.45. The maximum atomic E-state index is 14.8. The number of nitrogens with zero attached hydrogens (tertiary/aromatic N) is 3. The van der Waals surface area contributed by atoms with Crippen molar-refractivity contribution in [2.24, 2.45) is 0 Å². The fourth-order valence-electron chi connectivity index (χ4n) is 3.84. The van der Waals surface area contributed by atoms with Gasteiger partial charge in [0.15, 0.2) is 5.78 Å². The van der Waals surface area contributed by atoms with Gasteiger partial charge in [-0.1, -0.05) is 29.3 Å². The highest BCUT2D eigenvalue weighted by atomic mass is 35.5. The van der Waals surface area contributed by atoms with Crippen molar-refractivity contribution in [3.63, 3.8) is 0 Å². The zero-order chi connectivity index (χ0) is 27.7. The van der Waals surface area contributed by atoms with Crippen LogP contribution >= 0.6 is 23.2 Å². The van der Waals surface area contributed by atoms with E-state index in [-0.39, 0.29) is 22.9 Å². The number of fused-ring (bicyclic) bond motifs is 1. The number of rotatable bonds is 6. The maximum absolute atomic E-state index is 14.8. The van der Waals surface area contributed by atoms with E-state index in [4.69, 9.17) is 27.9 Å². The van der Waals surface area contributed by atoms with Gasteiger partial charge in [-0.25, -0.2) is 9.37 Å². The van der Waals surface area contributed by atoms with Crippen LogP contribution < -0.4 is 4.74 Å². The highest BCUT2D eigenvalue weighted by molar-refractivity contribution is 6.36. The first-order valence-corrected chi connectivity index (χ1v) is 12.1. The quantitative estimate of drug-likeness (QED) is 0.153. The molecule has 0 amide bonds. The Kier molecular flexibility index (Phi) is 7.20. The Morgan fingerprint density at radius 1 is 0.949 bits per heavy atom. The monoisotopic (exact) mass is 571 g/mol. The minimum absolute atomic E-state index is 0.0307. The van der Waals surface area contributed by atoms with Crippen molar-refractivity contribution in [1.29, 1.82) is 0 Å². The molecule has 5 nitrogen and oxygen atoms in total. The largest absolute Gasteiger partial charge is 0.487 e. The number of halogens is 6. The van der Waals surface area contributed by atoms with E-state index in [1.54, 1.807) is 30.7 Å². The normalized spacial score (nSPS) is 11.5. The number of ketones is 1. The molecule has 2 aromatic heterocycles. The van der Waals surface area contributed by atoms with Gasteiger partial charge in [-0.3, -0.25) is 14.8 Å². The van der Waals surface area contributed by atoms with Crippen LogP contribution in [-0.4, -0.2) is 20.7 Å². The van der Waals surface area contributed by atoms with Crippen molar-refractivity contribution in [2.45, 2.75) is 12.8 Å². The van der Waals surface area contributed by atoms with E-state index in [9.17, 15) is 22.4 Å². The summed E-state index contributed by atoms with van der Waals surface area (Å²) in [6, 6.07) is 13.5. The van der Waals surface area contributed by atoms with Crippen LogP contribution in [0.25, 0.3) is 22.3 Å². The Morgan fingerprint density at radius 2 is 1.77 bits per heavy atom. The molecule has 0 saturated carbocycles. The lowest BCUT2D eigenvalue weighted by Gasteiger charge is -2.14. The average molecular weight is 572 g/mol. The molecule has 0 aliphatic rings. The summed E-state index contributed by atoms with van der Waals surface area (Å²) in [5.41, 5.74) is 1.25. The Morgan fingerprint density at radius 3 is 2.49 bits per heavy atom. The highest BCUT2D eigenvalue weighted by Gasteiger charge is 2.33. The van der Waals surface area contributed by atoms with Crippen molar-refractivity contribution >= 4 is 40.0 Å². The van der Waals surface area contributed by atoms with Gasteiger partial charge in [0, 0.05) is 23.5 Å². The second kappa shape index (κ2) is 10.6. The number of aromatic nitrogens is 3. The molecule has 0 aliphatic carbocycles. The van der Waals surface area contributed by atoms with Crippen molar-refractivity contribution in [1.82, 2.24) is 15.0 Å². The lowest BCUT2D eigenvalue weighted by atomic mass is 10.0. The summed E-state index contributed by atoms with van der Waals surface area (Å²) in [5.74, 6) is -1.61. The Bertz CT molecular complexity index is 1710. The van der Waals surface area contributed by atoms with E-state index < -0.39 is 33.9 Å². The van der Waals surface area contributed by atoms with Crippen LogP contribution in [0.3, 0.4) is 0 Å². The van der Waals surface area contributed by atoms with E-state index in [2.05, 4.69) is 15.0 Å². The molecule has 0 atom stereocenters. The molecule has 0 saturated heterocycles. The molecule has 5 aromatic rings. The first-order chi connectivity index (χ1) is 18.6. The SMILES string of the molecule is O=C(c1ccc2ncc(-c3cccnc3)nc2c1)c1c(F)ccc(OCc2ccc(C(F)(F)F)c(Cl)c2)c1Cl. The third-order valence-electron chi connectivity index (χ3n) is 5.78. The zero-order valence-electron chi connectivity index (χ0n) is 19.6. The predicted octanol–water partition coefficient (Wildman–Crippen LogP) is 7.97. The molecule has 0 unspecified atom stereocenters. The summed E-state index contributed by atoms with van der Waals surface area (Å²) >= 11 is 12.1. The van der Waals surface area contributed by atoms with Crippen LogP contribution in [0.5, 0.6) is 5.75 Å². The molecule has 2 heterocycles. The number of ether oxygens (including phenoxy) is 1. The second-order valence-corrected chi connectivity index (χ2v) is 9.15. The summed E-state index contributed by atoms with van der Waals surface area (Å²) in [6.45, 7) is -0.223. The van der Waals surface area contributed by atoms with Crippen molar-refractivity contribution < 1.29 is 27.1 Å². The van der Waals surface area contributed by atoms with E-state index in [1.807, 2.05) is 6.07 Å². The summed E-state index contributed by atoms with van der Waals surface area (Å²) in [5, 5.41) is -0.774. The van der Waals surface area contributed by atoms with Gasteiger partial charge >= 0.3 is 6.18 Å². The first kappa shape index (κ1) is 26.5. The van der Waals surface area contributed by atoms with Crippen molar-refractivity contribution in [3.05, 3.63) is 117 Å². The number of pyridine rings is 1. The average Bonchev–Trinajstić information content (AvgIpc) is 2.92. The van der Waals surface area contributed by atoms with Gasteiger partial charge in [0.2, 0.25) is 0 Å². The number of benzene rings is 3. The molecule has 0 spiro atoms. The van der Waals surface area contributed by atoms with E-state index >= 15 is 0 Å². The van der Waals surface area contributed by atoms with Gasteiger partial charge in [0.05, 0.1) is 44.1 Å². The molecular weight excluding hydrogens is 557 g/mol. The fraction of sp³-hybridized carbons (Fsp3) is 0.0714. The summed E-state index contributed by atoms with van der Waals surface area (Å²) < 4.78 is 59.3. The summed E-state index contributed by atoms with van der Waals surface area (Å²) in [7, 11) is 0. The van der Waals surface area contributed by atoms with Crippen LogP contribution in [-0.2, 0) is 12.8 Å². The Balaban J connectivity index is 1.42. The molecule has 196 valence electrons. The topological polar surface area (TPSA) is 65.0 Å². The molecule has 11 heteroatoms. The minimum atomic E-state index is -4.60. The van der Waals surface area contributed by atoms with Crippen LogP contribution in [0.1, 0.15) is 27.0 Å². The summed E-state index contributed by atoms with van der Waals surface area (Å²) in [6.07, 6.45) is 0.246. The third-order valence-corrected chi connectivity index (χ3v) is 6.47. The van der Waals surface area contributed by atoms with Crippen molar-refractivity contribution in [2.75, 3.05) is 0 Å². The molecule has 0 fully saturated rings. The van der Waals surface area contributed by atoms with Gasteiger partial charge < -0.3 is 4.74 Å². The van der Waals surface area contributed by atoms with Gasteiger partial charge in [0.25, 0.3) is 0 Å². The predicted molar refractivity (Wildman–Crippen MR) is 138 cm³/mol. The van der Waals surface area contributed by atoms with Crippen LogP contribution in [0.15, 0.2) is 79.3 Å². The maximum Gasteiger partial charge on any atom is 0.417 e. The van der Waals surface area contributed by atoms with Gasteiger partial charge in [-0.15, -0.1) is 0 Å². The Hall–Kier alpha value is -4.08. The molecule has 39 heavy (non-hydrogen) atoms. The molecule has 5 rings (SSSR count). The Labute approximate surface area is 229 Å². The number of hydrogen-bond donors (Lipinski definition) is 0. The zero-order valence-corrected chi connectivity index (χ0v) is 21.2. The van der Waals surface area contributed by atoms with Crippen LogP contribution in [0.2, 0.25) is 10.0 Å². The van der Waals surface area contributed by atoms with Crippen molar-refractivity contribution in [3.8, 4) is 17.0 Å². The molecular formula is C28H15Cl2F4N3O2. The molecule has 0 bridgehead atoms. The van der Waals surface area contributed by atoms with E-state index in [1.165, 1.54) is 24.3 Å². The molecule has 3 aromatic carbocycles. The number of carbonyl (C=O) groups is 1. The molecule has 0 aliphatic heterocycles. The standard InChI is InChI=1S/C28H15Cl2F4N3O2/c29-19-10-15(3-5-18(19)28(32,33)34)14-39-24-8-6-20(31)25(26(24)30)27(38)16-4-7-21-22(11-16)37-23(13-36-21)17-2-1-9-35-12-17/h1-13H,14H2. The molecule has 0 N–H and O–H groups in total. The highest BCUT2D eigenvalue weighted by Crippen LogP contribution is 2.36. The lowest BCUT2D eigenvalue weighted by Crippen LogP contribution is -2.08. The van der Waals surface area contributed by atoms with E-state index in [0.717, 1.165) is 23.8 Å². The van der Waals surface area contributed by atoms with Gasteiger partial charge in [-0.05, 0) is 60.2 Å². The second-order valence-electron chi connectivity index (χ2n) is 8.36. The minimum Gasteiger partial charge on any atom is -0.487 e. The van der Waals surface area contributed by atoms with Crippen LogP contribution in [0, 0.1) is 5.82 Å². The number of hydrogen-bond acceptors (Lipinski definition) is 5. The molecule has 0 radical (unpaired) electrons. The lowest BCUT2D eigenvalue weighted by molar-refractivity contribution is -0.137. The summed E-state index contributed by atoms with van der Waals surface area (Å²) in [4.78, 5) is 26.3. The number of alkyl halides is 3. The van der Waals surface area contributed by atoms with Gasteiger partial charge in [0.1, 0.15) is 18.2 Å². The van der Waals surface area contributed by atoms with E-state index in [0.29, 0.717) is 22.3 Å². The van der Waals surface area contributed by atoms with Crippen LogP contribution in [0.4, 0.5) is 17.6 Å². The number of carbonyl (C=O) groups excluding carboxylic acids is 1.